The van der Waals surface area contributed by atoms with Crippen LogP contribution in [0.4, 0.5) is 0 Å². The highest BCUT2D eigenvalue weighted by Crippen LogP contribution is 2.37. The third kappa shape index (κ3) is 1.76. The van der Waals surface area contributed by atoms with E-state index in [0.29, 0.717) is 0 Å². The van der Waals surface area contributed by atoms with Crippen LogP contribution in [0, 0.1) is 0 Å². The van der Waals surface area contributed by atoms with Crippen LogP contribution in [0.15, 0.2) is 83.3 Å². The fraction of sp³-hybridized carbons (Fsp3) is 0. The van der Waals surface area contributed by atoms with Crippen LogP contribution in [0.5, 0.6) is 0 Å². The van der Waals surface area contributed by atoms with Gasteiger partial charge in [-0.05, 0) is 39.1 Å². The standard InChI is InChI=1S/C24H15BO/c25-20-12-17-10-9-14-5-3-4-8-18(14)22(17)24-23(20)19-11-15-6-1-2-7-16(15)13-21(19)26-24/h1-13H,25H2. The fourth-order valence-electron chi connectivity index (χ4n) is 4.32. The van der Waals surface area contributed by atoms with Gasteiger partial charge in [0.2, 0.25) is 0 Å². The average molecular weight is 330 g/mol. The molecular formula is C24H15BO. The molecule has 6 aromatic rings. The molecule has 0 aliphatic heterocycles. The van der Waals surface area contributed by atoms with E-state index in [1.54, 1.807) is 0 Å². The molecule has 0 N–H and O–H groups in total. The van der Waals surface area contributed by atoms with E-state index < -0.39 is 0 Å². The molecule has 0 fully saturated rings. The quantitative estimate of drug-likeness (QED) is 0.272. The van der Waals surface area contributed by atoms with Gasteiger partial charge in [-0.25, -0.2) is 0 Å². The molecule has 5 aromatic carbocycles. The monoisotopic (exact) mass is 330 g/mol. The Kier molecular flexibility index (Phi) is 2.63. The Hall–Kier alpha value is -3.26. The zero-order valence-corrected chi connectivity index (χ0v) is 14.4. The number of hydrogen-bond acceptors (Lipinski definition) is 1. The molecule has 0 aliphatic rings. The lowest BCUT2D eigenvalue weighted by molar-refractivity contribution is 0.673. The number of hydrogen-bond donors (Lipinski definition) is 0. The van der Waals surface area contributed by atoms with Gasteiger partial charge in [0, 0.05) is 16.2 Å². The van der Waals surface area contributed by atoms with E-state index in [0.717, 1.165) is 11.2 Å². The van der Waals surface area contributed by atoms with Gasteiger partial charge in [-0.2, -0.15) is 0 Å². The first-order chi connectivity index (χ1) is 12.8. The highest BCUT2D eigenvalue weighted by atomic mass is 16.3. The second-order valence-electron chi connectivity index (χ2n) is 7.08. The molecule has 2 heteroatoms. The van der Waals surface area contributed by atoms with Crippen LogP contribution in [-0.4, -0.2) is 7.85 Å². The minimum absolute atomic E-state index is 0.960. The van der Waals surface area contributed by atoms with E-state index in [2.05, 4.69) is 86.7 Å². The molecular weight excluding hydrogens is 315 g/mol. The lowest BCUT2D eigenvalue weighted by Gasteiger charge is -2.07. The Morgan fingerprint density at radius 2 is 1.27 bits per heavy atom. The number of fused-ring (bicyclic) bond motifs is 8. The number of furan rings is 1. The second-order valence-corrected chi connectivity index (χ2v) is 7.08. The molecule has 26 heavy (non-hydrogen) atoms. The van der Waals surface area contributed by atoms with Gasteiger partial charge in [-0.1, -0.05) is 72.2 Å². The Morgan fingerprint density at radius 3 is 2.12 bits per heavy atom. The predicted molar refractivity (Wildman–Crippen MR) is 114 cm³/mol. The van der Waals surface area contributed by atoms with Crippen molar-refractivity contribution in [3.05, 3.63) is 78.9 Å². The number of benzene rings is 5. The van der Waals surface area contributed by atoms with Crippen molar-refractivity contribution in [3.63, 3.8) is 0 Å². The van der Waals surface area contributed by atoms with Crippen LogP contribution in [0.2, 0.25) is 0 Å². The van der Waals surface area contributed by atoms with Crippen molar-refractivity contribution >= 4 is 67.6 Å². The topological polar surface area (TPSA) is 13.1 Å². The molecule has 0 amide bonds. The van der Waals surface area contributed by atoms with Crippen LogP contribution >= 0.6 is 0 Å². The normalized spacial score (nSPS) is 12.0. The molecule has 120 valence electrons. The van der Waals surface area contributed by atoms with Gasteiger partial charge < -0.3 is 4.42 Å². The highest BCUT2D eigenvalue weighted by Gasteiger charge is 2.15. The summed E-state index contributed by atoms with van der Waals surface area (Å²) in [7, 11) is 2.18. The number of rotatable bonds is 0. The molecule has 0 spiro atoms. The molecule has 0 saturated heterocycles. The van der Waals surface area contributed by atoms with E-state index in [1.165, 1.54) is 48.6 Å². The summed E-state index contributed by atoms with van der Waals surface area (Å²) < 4.78 is 6.46. The SMILES string of the molecule is Bc1cc2ccc3ccccc3c2c2oc3cc4ccccc4cc3c12. The summed E-state index contributed by atoms with van der Waals surface area (Å²) in [5.41, 5.74) is 3.22. The van der Waals surface area contributed by atoms with Gasteiger partial charge in [0.05, 0.1) is 0 Å². The molecule has 1 aromatic heterocycles. The summed E-state index contributed by atoms with van der Waals surface area (Å²) in [5.74, 6) is 0. The van der Waals surface area contributed by atoms with E-state index >= 15 is 0 Å². The van der Waals surface area contributed by atoms with Crippen LogP contribution in [0.25, 0.3) is 54.3 Å². The zero-order valence-electron chi connectivity index (χ0n) is 14.4. The zero-order chi connectivity index (χ0) is 17.3. The summed E-state index contributed by atoms with van der Waals surface area (Å²) in [6.07, 6.45) is 0. The Bertz CT molecular complexity index is 1490. The molecule has 0 aliphatic carbocycles. The maximum Gasteiger partial charge on any atom is 0.143 e. The van der Waals surface area contributed by atoms with Crippen molar-refractivity contribution in [2.75, 3.05) is 0 Å². The average Bonchev–Trinajstić information content (AvgIpc) is 3.04. The smallest absolute Gasteiger partial charge is 0.143 e. The minimum Gasteiger partial charge on any atom is -0.455 e. The minimum atomic E-state index is 0.960. The van der Waals surface area contributed by atoms with Crippen LogP contribution < -0.4 is 5.46 Å². The fourth-order valence-corrected chi connectivity index (χ4v) is 4.32. The lowest BCUT2D eigenvalue weighted by Crippen LogP contribution is -2.02. The highest BCUT2D eigenvalue weighted by molar-refractivity contribution is 6.44. The van der Waals surface area contributed by atoms with Crippen molar-refractivity contribution in [2.24, 2.45) is 0 Å². The molecule has 0 atom stereocenters. The summed E-state index contributed by atoms with van der Waals surface area (Å²) in [6.45, 7) is 0. The van der Waals surface area contributed by atoms with E-state index in [1.807, 2.05) is 0 Å². The van der Waals surface area contributed by atoms with Gasteiger partial charge in [-0.3, -0.25) is 0 Å². The third-order valence-corrected chi connectivity index (χ3v) is 5.51. The van der Waals surface area contributed by atoms with Gasteiger partial charge >= 0.3 is 0 Å². The predicted octanol–water partition coefficient (Wildman–Crippen LogP) is 5.30. The molecule has 0 unspecified atom stereocenters. The van der Waals surface area contributed by atoms with Gasteiger partial charge in [0.1, 0.15) is 19.0 Å². The Morgan fingerprint density at radius 1 is 0.577 bits per heavy atom. The largest absolute Gasteiger partial charge is 0.455 e. The van der Waals surface area contributed by atoms with Gasteiger partial charge in [0.25, 0.3) is 0 Å². The van der Waals surface area contributed by atoms with Crippen molar-refractivity contribution in [1.29, 1.82) is 0 Å². The molecule has 1 nitrogen and oxygen atoms in total. The third-order valence-electron chi connectivity index (χ3n) is 5.51. The van der Waals surface area contributed by atoms with Crippen LogP contribution in [0.1, 0.15) is 0 Å². The maximum atomic E-state index is 6.46. The summed E-state index contributed by atoms with van der Waals surface area (Å²) in [6, 6.07) is 28.1. The Labute approximate surface area is 151 Å². The van der Waals surface area contributed by atoms with Gasteiger partial charge in [0.15, 0.2) is 0 Å². The lowest BCUT2D eigenvalue weighted by atomic mass is 9.87. The van der Waals surface area contributed by atoms with Crippen molar-refractivity contribution in [3.8, 4) is 0 Å². The van der Waals surface area contributed by atoms with Crippen LogP contribution in [0.3, 0.4) is 0 Å². The summed E-state index contributed by atoms with van der Waals surface area (Å²) in [4.78, 5) is 0. The second kappa shape index (κ2) is 4.89. The van der Waals surface area contributed by atoms with Crippen LogP contribution in [-0.2, 0) is 0 Å². The summed E-state index contributed by atoms with van der Waals surface area (Å²) in [5, 5.41) is 9.84. The van der Waals surface area contributed by atoms with E-state index in [9.17, 15) is 0 Å². The van der Waals surface area contributed by atoms with Crippen molar-refractivity contribution in [1.82, 2.24) is 0 Å². The van der Waals surface area contributed by atoms with E-state index in [-0.39, 0.29) is 0 Å². The van der Waals surface area contributed by atoms with E-state index in [4.69, 9.17) is 4.42 Å². The molecule has 1 heterocycles. The first-order valence-corrected chi connectivity index (χ1v) is 8.96. The molecule has 0 radical (unpaired) electrons. The van der Waals surface area contributed by atoms with Gasteiger partial charge in [-0.15, -0.1) is 0 Å². The summed E-state index contributed by atoms with van der Waals surface area (Å²) >= 11 is 0. The Balaban J connectivity index is 1.92. The first kappa shape index (κ1) is 14.0. The van der Waals surface area contributed by atoms with Crippen molar-refractivity contribution in [2.45, 2.75) is 0 Å². The first-order valence-electron chi connectivity index (χ1n) is 8.96. The maximum absolute atomic E-state index is 6.46. The van der Waals surface area contributed by atoms with Crippen molar-refractivity contribution < 1.29 is 4.42 Å². The molecule has 0 bridgehead atoms. The molecule has 6 rings (SSSR count). The molecule has 0 saturated carbocycles.